The Morgan fingerprint density at radius 2 is 1.80 bits per heavy atom. The highest BCUT2D eigenvalue weighted by molar-refractivity contribution is 5.98. The van der Waals surface area contributed by atoms with Gasteiger partial charge in [-0.1, -0.05) is 81.4 Å². The van der Waals surface area contributed by atoms with Crippen molar-refractivity contribution in [3.05, 3.63) is 112 Å². The molecule has 0 saturated carbocycles. The van der Waals surface area contributed by atoms with Crippen LogP contribution >= 0.6 is 0 Å². The van der Waals surface area contributed by atoms with Gasteiger partial charge in [0.1, 0.15) is 36.5 Å². The van der Waals surface area contributed by atoms with Crippen molar-refractivity contribution < 1.29 is 37.7 Å². The molecule has 0 fully saturated rings. The van der Waals surface area contributed by atoms with Crippen molar-refractivity contribution in [1.82, 2.24) is 15.6 Å². The average molecular weight is 692 g/mol. The number of benzene rings is 3. The second-order valence-electron chi connectivity index (χ2n) is 14.1. The molecule has 262 valence electrons. The highest BCUT2D eigenvalue weighted by Gasteiger charge is 2.61. The molecule has 0 aliphatic carbocycles. The summed E-state index contributed by atoms with van der Waals surface area (Å²) in [5, 5.41) is 9.45. The van der Waals surface area contributed by atoms with Crippen molar-refractivity contribution in [2.75, 3.05) is 19.0 Å². The van der Waals surface area contributed by atoms with Gasteiger partial charge in [-0.05, 0) is 34.2 Å². The summed E-state index contributed by atoms with van der Waals surface area (Å²) >= 11 is 0. The molecular weight excluding hydrogens is 654 g/mol. The third-order valence-electron chi connectivity index (χ3n) is 9.73. The number of hydrogen-bond donors (Lipinski definition) is 3. The van der Waals surface area contributed by atoms with Crippen LogP contribution in [0.2, 0.25) is 0 Å². The van der Waals surface area contributed by atoms with Crippen LogP contribution in [0.15, 0.2) is 82.2 Å². The highest BCUT2D eigenvalue weighted by atomic mass is 16.6. The minimum absolute atomic E-state index is 0.0285. The number of ether oxygens (including phenoxy) is 4. The summed E-state index contributed by atoms with van der Waals surface area (Å²) in [6.07, 6.45) is -1.22. The Balaban J connectivity index is 1.29. The lowest BCUT2D eigenvalue weighted by Gasteiger charge is -2.32. The molecule has 13 nitrogen and oxygen atoms in total. The number of carbonyl (C=O) groups is 3. The Kier molecular flexibility index (Phi) is 7.73. The largest absolute Gasteiger partial charge is 0.473 e. The van der Waals surface area contributed by atoms with E-state index in [1.807, 2.05) is 93.6 Å². The van der Waals surface area contributed by atoms with Crippen molar-refractivity contribution in [1.29, 1.82) is 0 Å². The van der Waals surface area contributed by atoms with Gasteiger partial charge in [-0.25, -0.2) is 19.6 Å². The van der Waals surface area contributed by atoms with E-state index in [4.69, 9.17) is 28.3 Å². The summed E-state index contributed by atoms with van der Waals surface area (Å²) in [6.45, 7) is 5.87. The molecular formula is C38H37N5O8. The third kappa shape index (κ3) is 5.43. The van der Waals surface area contributed by atoms with Crippen molar-refractivity contribution in [2.24, 2.45) is 10.4 Å². The fourth-order valence-corrected chi connectivity index (χ4v) is 7.23. The van der Waals surface area contributed by atoms with Gasteiger partial charge in [0.15, 0.2) is 23.7 Å². The molecule has 1 spiro atoms. The van der Waals surface area contributed by atoms with Gasteiger partial charge in [-0.3, -0.25) is 4.79 Å². The molecule has 4 aliphatic heterocycles. The first-order valence-corrected chi connectivity index (χ1v) is 16.8. The van der Waals surface area contributed by atoms with Gasteiger partial charge in [-0.2, -0.15) is 0 Å². The summed E-state index contributed by atoms with van der Waals surface area (Å²) in [7, 11) is 1.30. The van der Waals surface area contributed by atoms with Crippen molar-refractivity contribution in [3.8, 4) is 5.75 Å². The number of hydrogen-bond acceptors (Lipinski definition) is 11. The van der Waals surface area contributed by atoms with Gasteiger partial charge in [0.05, 0.1) is 7.11 Å². The number of nitrogens with one attached hydrogen (secondary N) is 3. The Bertz CT molecular complexity index is 2070. The van der Waals surface area contributed by atoms with Gasteiger partial charge in [0, 0.05) is 17.7 Å². The fourth-order valence-electron chi connectivity index (χ4n) is 7.23. The maximum absolute atomic E-state index is 14.2. The van der Waals surface area contributed by atoms with E-state index in [1.54, 1.807) is 0 Å². The van der Waals surface area contributed by atoms with Gasteiger partial charge in [0.2, 0.25) is 17.7 Å². The number of rotatable bonds is 5. The minimum Gasteiger partial charge on any atom is -0.473 e. The van der Waals surface area contributed by atoms with Crippen LogP contribution in [0, 0.1) is 5.41 Å². The lowest BCUT2D eigenvalue weighted by molar-refractivity contribution is -0.142. The first-order valence-electron chi connectivity index (χ1n) is 16.8. The third-order valence-corrected chi connectivity index (χ3v) is 9.73. The highest BCUT2D eigenvalue weighted by Crippen LogP contribution is 2.58. The number of alkyl carbamates (subject to hydrolysis) is 1. The van der Waals surface area contributed by atoms with E-state index < -0.39 is 53.2 Å². The molecule has 4 bridgehead atoms. The molecule has 4 aromatic rings. The molecule has 5 heterocycles. The molecule has 13 heteroatoms. The van der Waals surface area contributed by atoms with Crippen LogP contribution in [0.5, 0.6) is 5.75 Å². The van der Waals surface area contributed by atoms with E-state index >= 15 is 0 Å². The predicted molar refractivity (Wildman–Crippen MR) is 183 cm³/mol. The topological polar surface area (TPSA) is 163 Å². The van der Waals surface area contributed by atoms with Crippen LogP contribution in [0.25, 0.3) is 0 Å². The lowest BCUT2D eigenvalue weighted by Crippen LogP contribution is -2.50. The van der Waals surface area contributed by atoms with E-state index in [0.717, 1.165) is 27.9 Å². The van der Waals surface area contributed by atoms with E-state index in [2.05, 4.69) is 20.9 Å². The maximum Gasteiger partial charge on any atom is 0.408 e. The average Bonchev–Trinajstić information content (AvgIpc) is 3.90. The zero-order valence-corrected chi connectivity index (χ0v) is 28.5. The number of anilines is 1. The number of methoxy groups -OCH3 is 1. The molecule has 3 N–H and O–H groups in total. The second kappa shape index (κ2) is 12.2. The number of aromatic nitrogens is 1. The van der Waals surface area contributed by atoms with Crippen molar-refractivity contribution >= 4 is 29.6 Å². The first kappa shape index (κ1) is 32.4. The van der Waals surface area contributed by atoms with Gasteiger partial charge < -0.3 is 39.3 Å². The number of aliphatic imine (C=N–C) groups is 1. The summed E-state index contributed by atoms with van der Waals surface area (Å²) in [4.78, 5) is 49.4. The summed E-state index contributed by atoms with van der Waals surface area (Å²) in [6, 6.07) is 20.2. The number of oxazole rings is 1. The van der Waals surface area contributed by atoms with E-state index in [1.165, 1.54) is 7.11 Å². The van der Waals surface area contributed by atoms with Crippen LogP contribution in [0.1, 0.15) is 66.4 Å². The van der Waals surface area contributed by atoms with E-state index in [0.29, 0.717) is 11.5 Å². The SMILES string of the molecule is COC(=O)C1COC(c2nc3oc2[C@@]24c5ccccc5N[C@@H]2Oc2ccc(cc24)C[C@H](NC(=O)OCc2ccccc2)C(=O)N[C@H]3C(C)(C)C)=N1. The van der Waals surface area contributed by atoms with Crippen molar-refractivity contribution in [2.45, 2.75) is 63.6 Å². The van der Waals surface area contributed by atoms with E-state index in [9.17, 15) is 14.4 Å². The number of fused-ring (bicyclic) bond motifs is 4. The molecule has 1 unspecified atom stereocenters. The van der Waals surface area contributed by atoms with Crippen LogP contribution in [0.3, 0.4) is 0 Å². The van der Waals surface area contributed by atoms with Crippen LogP contribution in [0.4, 0.5) is 10.5 Å². The van der Waals surface area contributed by atoms with Crippen molar-refractivity contribution in [3.63, 3.8) is 0 Å². The zero-order valence-electron chi connectivity index (χ0n) is 28.5. The Hall–Kier alpha value is -5.85. The quantitative estimate of drug-likeness (QED) is 0.254. The number of nitrogens with zero attached hydrogens (tertiary/aromatic N) is 2. The first-order chi connectivity index (χ1) is 24.6. The monoisotopic (exact) mass is 691 g/mol. The number of amides is 2. The van der Waals surface area contributed by atoms with Crippen LogP contribution in [-0.2, 0) is 42.2 Å². The predicted octanol–water partition coefficient (Wildman–Crippen LogP) is 4.53. The molecule has 51 heavy (non-hydrogen) atoms. The lowest BCUT2D eigenvalue weighted by atomic mass is 9.72. The zero-order chi connectivity index (χ0) is 35.5. The Morgan fingerprint density at radius 1 is 1.02 bits per heavy atom. The fraction of sp³-hybridized carbons (Fsp3) is 0.342. The molecule has 1 aromatic heterocycles. The normalized spacial score (nSPS) is 24.2. The van der Waals surface area contributed by atoms with E-state index in [-0.39, 0.29) is 37.1 Å². The molecule has 8 rings (SSSR count). The van der Waals surface area contributed by atoms with Crippen LogP contribution in [-0.4, -0.2) is 60.9 Å². The standard InChI is InChI=1S/C38H37N5O8/c1-37(2,3)29-33-42-28(32-39-26(19-48-32)34(45)47-4)30(51-33)38-22-12-8-9-13-24(22)40-35(38)50-27-15-14-21(16-23(27)38)17-25(31(44)43-29)41-36(46)49-18-20-10-6-5-7-11-20/h5-16,25-26,29,35,40H,17-19H2,1-4H3,(H,41,46)(H,43,44)/t25-,26?,29+,35+,38-/m0/s1. The maximum atomic E-state index is 14.2. The van der Waals surface area contributed by atoms with Crippen LogP contribution < -0.4 is 20.7 Å². The molecule has 0 radical (unpaired) electrons. The Labute approximate surface area is 293 Å². The molecule has 2 amide bonds. The second-order valence-corrected chi connectivity index (χ2v) is 14.1. The summed E-state index contributed by atoms with van der Waals surface area (Å²) in [5.74, 6) is 0.324. The molecule has 4 aliphatic rings. The number of esters is 1. The Morgan fingerprint density at radius 3 is 2.59 bits per heavy atom. The summed E-state index contributed by atoms with van der Waals surface area (Å²) < 4.78 is 30.0. The summed E-state index contributed by atoms with van der Waals surface area (Å²) in [5.41, 5.74) is 2.65. The smallest absolute Gasteiger partial charge is 0.408 e. The number of carbonyl (C=O) groups excluding carboxylic acids is 3. The van der Waals surface area contributed by atoms with Gasteiger partial charge >= 0.3 is 12.1 Å². The number of para-hydroxylation sites is 1. The van der Waals surface area contributed by atoms with Gasteiger partial charge in [0.25, 0.3) is 0 Å². The minimum atomic E-state index is -1.08. The molecule has 3 aromatic carbocycles. The molecule has 5 atom stereocenters. The molecule has 0 saturated heterocycles. The van der Waals surface area contributed by atoms with Gasteiger partial charge in [-0.15, -0.1) is 0 Å².